The average Bonchev–Trinajstić information content (AvgIpc) is 2.69. The molecule has 0 heteroatoms. The van der Waals surface area contributed by atoms with E-state index in [0.29, 0.717) is 10.8 Å². The molecule has 0 aliphatic carbocycles. The molecule has 0 aliphatic rings. The first-order valence-corrected chi connectivity index (χ1v) is 15.1. The molecule has 0 aromatic carbocycles. The van der Waals surface area contributed by atoms with Gasteiger partial charge in [-0.3, -0.25) is 0 Å². The Morgan fingerprint density at radius 2 is 0.781 bits per heavy atom. The maximum Gasteiger partial charge on any atom is -0.0380 e. The van der Waals surface area contributed by atoms with Crippen LogP contribution >= 0.6 is 0 Å². The van der Waals surface area contributed by atoms with Gasteiger partial charge in [-0.1, -0.05) is 171 Å². The van der Waals surface area contributed by atoms with Crippen molar-refractivity contribution in [1.82, 2.24) is 0 Å². The standard InChI is InChI=1S/C32H66/c1-9-11-22-29(25-20-21-27-31(3,4)5)24-18-16-14-13-15-17-19-26-30(23-12-10-2)28-32(6,7)8/h29-30H,9-28H2,1-8H3. The van der Waals surface area contributed by atoms with Crippen LogP contribution in [0, 0.1) is 22.7 Å². The van der Waals surface area contributed by atoms with Gasteiger partial charge >= 0.3 is 0 Å². The molecule has 194 valence electrons. The van der Waals surface area contributed by atoms with Gasteiger partial charge in [0.1, 0.15) is 0 Å². The zero-order valence-electron chi connectivity index (χ0n) is 24.3. The Morgan fingerprint density at radius 1 is 0.406 bits per heavy atom. The summed E-state index contributed by atoms with van der Waals surface area (Å²) in [6.45, 7) is 19.1. The van der Waals surface area contributed by atoms with E-state index in [4.69, 9.17) is 0 Å². The second kappa shape index (κ2) is 19.3. The SMILES string of the molecule is CCCCC(CCCCCCCCCC(CCCC)CC(C)(C)C)CCCCC(C)(C)C. The minimum atomic E-state index is 0.500. The quantitative estimate of drug-likeness (QED) is 0.152. The largest absolute Gasteiger partial charge is 0.0654 e. The van der Waals surface area contributed by atoms with Crippen LogP contribution in [0.1, 0.15) is 184 Å². The van der Waals surface area contributed by atoms with Gasteiger partial charge in [0.15, 0.2) is 0 Å². The normalized spacial score (nSPS) is 14.6. The number of hydrogen-bond donors (Lipinski definition) is 0. The summed E-state index contributed by atoms with van der Waals surface area (Å²) in [5, 5.41) is 0. The van der Waals surface area contributed by atoms with Crippen LogP contribution < -0.4 is 0 Å². The van der Waals surface area contributed by atoms with Crippen molar-refractivity contribution >= 4 is 0 Å². The van der Waals surface area contributed by atoms with Crippen LogP contribution in [0.3, 0.4) is 0 Å². The van der Waals surface area contributed by atoms with Gasteiger partial charge < -0.3 is 0 Å². The summed E-state index contributed by atoms with van der Waals surface area (Å²) < 4.78 is 0. The van der Waals surface area contributed by atoms with Crippen molar-refractivity contribution in [1.29, 1.82) is 0 Å². The number of hydrogen-bond acceptors (Lipinski definition) is 0. The number of rotatable bonds is 21. The fourth-order valence-electron chi connectivity index (χ4n) is 5.47. The molecule has 0 saturated carbocycles. The smallest absolute Gasteiger partial charge is 0.0380 e. The van der Waals surface area contributed by atoms with Gasteiger partial charge in [-0.05, 0) is 35.5 Å². The first-order valence-electron chi connectivity index (χ1n) is 15.1. The van der Waals surface area contributed by atoms with E-state index in [2.05, 4.69) is 55.4 Å². The second-order valence-corrected chi connectivity index (χ2v) is 13.6. The lowest BCUT2D eigenvalue weighted by Gasteiger charge is -2.26. The topological polar surface area (TPSA) is 0 Å². The lowest BCUT2D eigenvalue weighted by molar-refractivity contribution is 0.261. The molecule has 0 nitrogen and oxygen atoms in total. The summed E-state index contributed by atoms with van der Waals surface area (Å²) in [5.74, 6) is 1.98. The molecule has 2 unspecified atom stereocenters. The Morgan fingerprint density at radius 3 is 1.22 bits per heavy atom. The van der Waals surface area contributed by atoms with Crippen molar-refractivity contribution in [2.24, 2.45) is 22.7 Å². The summed E-state index contributed by atoms with van der Waals surface area (Å²) in [4.78, 5) is 0. The van der Waals surface area contributed by atoms with Crippen LogP contribution in [0.4, 0.5) is 0 Å². The molecule has 0 heterocycles. The molecule has 0 rings (SSSR count). The predicted molar refractivity (Wildman–Crippen MR) is 150 cm³/mol. The maximum absolute atomic E-state index is 2.42. The highest BCUT2D eigenvalue weighted by molar-refractivity contribution is 4.70. The van der Waals surface area contributed by atoms with Gasteiger partial charge in [-0.15, -0.1) is 0 Å². The van der Waals surface area contributed by atoms with E-state index in [-0.39, 0.29) is 0 Å². The number of unbranched alkanes of at least 4 members (excludes halogenated alkanes) is 9. The molecular formula is C32H66. The Labute approximate surface area is 206 Å². The van der Waals surface area contributed by atoms with E-state index in [9.17, 15) is 0 Å². The van der Waals surface area contributed by atoms with Gasteiger partial charge in [-0.2, -0.15) is 0 Å². The van der Waals surface area contributed by atoms with Crippen LogP contribution in [0.25, 0.3) is 0 Å². The highest BCUT2D eigenvalue weighted by Gasteiger charge is 2.18. The summed E-state index contributed by atoms with van der Waals surface area (Å²) in [6.07, 6.45) is 29.0. The van der Waals surface area contributed by atoms with Crippen LogP contribution in [0.5, 0.6) is 0 Å². The van der Waals surface area contributed by atoms with Crippen LogP contribution in [-0.4, -0.2) is 0 Å². The Balaban J connectivity index is 3.85. The summed E-state index contributed by atoms with van der Waals surface area (Å²) >= 11 is 0. The minimum Gasteiger partial charge on any atom is -0.0654 e. The van der Waals surface area contributed by atoms with E-state index in [1.165, 1.54) is 128 Å². The van der Waals surface area contributed by atoms with Crippen molar-refractivity contribution in [2.75, 3.05) is 0 Å². The first-order chi connectivity index (χ1) is 15.1. The highest BCUT2D eigenvalue weighted by atomic mass is 14.2. The average molecular weight is 451 g/mol. The zero-order valence-corrected chi connectivity index (χ0v) is 24.3. The van der Waals surface area contributed by atoms with E-state index in [1.807, 2.05) is 0 Å². The molecular weight excluding hydrogens is 384 g/mol. The van der Waals surface area contributed by atoms with Crippen molar-refractivity contribution in [3.8, 4) is 0 Å². The van der Waals surface area contributed by atoms with E-state index in [1.54, 1.807) is 0 Å². The third-order valence-corrected chi connectivity index (χ3v) is 7.35. The lowest BCUT2D eigenvalue weighted by atomic mass is 9.80. The zero-order chi connectivity index (χ0) is 24.3. The fraction of sp³-hybridized carbons (Fsp3) is 1.00. The Bertz CT molecular complexity index is 380. The molecule has 0 saturated heterocycles. The highest BCUT2D eigenvalue weighted by Crippen LogP contribution is 2.31. The third-order valence-electron chi connectivity index (χ3n) is 7.35. The molecule has 0 aliphatic heterocycles. The summed E-state index contributed by atoms with van der Waals surface area (Å²) in [6, 6.07) is 0. The van der Waals surface area contributed by atoms with Crippen molar-refractivity contribution in [3.05, 3.63) is 0 Å². The third kappa shape index (κ3) is 23.2. The maximum atomic E-state index is 2.42. The molecule has 2 atom stereocenters. The second-order valence-electron chi connectivity index (χ2n) is 13.6. The van der Waals surface area contributed by atoms with Gasteiger partial charge in [-0.25, -0.2) is 0 Å². The van der Waals surface area contributed by atoms with Crippen molar-refractivity contribution in [2.45, 2.75) is 184 Å². The molecule has 0 amide bonds. The van der Waals surface area contributed by atoms with Gasteiger partial charge in [0.05, 0.1) is 0 Å². The molecule has 0 fully saturated rings. The van der Waals surface area contributed by atoms with Crippen molar-refractivity contribution < 1.29 is 0 Å². The Kier molecular flexibility index (Phi) is 19.3. The van der Waals surface area contributed by atoms with E-state index in [0.717, 1.165) is 11.8 Å². The van der Waals surface area contributed by atoms with Crippen LogP contribution in [0.15, 0.2) is 0 Å². The first kappa shape index (κ1) is 32.0. The minimum absolute atomic E-state index is 0.500. The molecule has 0 aromatic heterocycles. The Hall–Kier alpha value is 0. The van der Waals surface area contributed by atoms with E-state index >= 15 is 0 Å². The van der Waals surface area contributed by atoms with E-state index < -0.39 is 0 Å². The molecule has 0 spiro atoms. The molecule has 0 radical (unpaired) electrons. The van der Waals surface area contributed by atoms with Gasteiger partial charge in [0.2, 0.25) is 0 Å². The van der Waals surface area contributed by atoms with Gasteiger partial charge in [0, 0.05) is 0 Å². The lowest BCUT2D eigenvalue weighted by Crippen LogP contribution is -2.13. The van der Waals surface area contributed by atoms with Crippen molar-refractivity contribution in [3.63, 3.8) is 0 Å². The molecule has 0 aromatic rings. The van der Waals surface area contributed by atoms with Crippen LogP contribution in [0.2, 0.25) is 0 Å². The van der Waals surface area contributed by atoms with Crippen LogP contribution in [-0.2, 0) is 0 Å². The molecule has 32 heavy (non-hydrogen) atoms. The summed E-state index contributed by atoms with van der Waals surface area (Å²) in [5.41, 5.74) is 1.02. The predicted octanol–water partition coefficient (Wildman–Crippen LogP) is 12.2. The molecule has 0 N–H and O–H groups in total. The summed E-state index contributed by atoms with van der Waals surface area (Å²) in [7, 11) is 0. The van der Waals surface area contributed by atoms with Gasteiger partial charge in [0.25, 0.3) is 0 Å². The molecule has 0 bridgehead atoms. The fourth-order valence-corrected chi connectivity index (χ4v) is 5.47. The monoisotopic (exact) mass is 451 g/mol.